The van der Waals surface area contributed by atoms with Gasteiger partial charge in [0.15, 0.2) is 5.82 Å². The van der Waals surface area contributed by atoms with Crippen molar-refractivity contribution in [3.63, 3.8) is 0 Å². The quantitative estimate of drug-likeness (QED) is 0.745. The first-order chi connectivity index (χ1) is 12.8. The molecule has 3 aromatic heterocycles. The predicted molar refractivity (Wildman–Crippen MR) is 102 cm³/mol. The SMILES string of the molecule is O=c1[nH]c(C[NH+]2CCC[C@@H]3CCCC[C@@H]32)nc2scc(-c3ccco3)c12. The fourth-order valence-electron chi connectivity index (χ4n) is 4.99. The van der Waals surface area contributed by atoms with Crippen LogP contribution in [0.2, 0.25) is 0 Å². The molecule has 2 aliphatic rings. The normalized spacial score (nSPS) is 26.1. The number of furan rings is 1. The van der Waals surface area contributed by atoms with Crippen molar-refractivity contribution < 1.29 is 9.32 Å². The summed E-state index contributed by atoms with van der Waals surface area (Å²) in [5, 5.41) is 2.62. The lowest BCUT2D eigenvalue weighted by Crippen LogP contribution is -3.16. The van der Waals surface area contributed by atoms with E-state index < -0.39 is 0 Å². The maximum atomic E-state index is 12.8. The smallest absolute Gasteiger partial charge is 0.260 e. The van der Waals surface area contributed by atoms with Gasteiger partial charge in [-0.15, -0.1) is 11.3 Å². The molecule has 0 aromatic carbocycles. The number of aromatic amines is 1. The van der Waals surface area contributed by atoms with E-state index in [1.54, 1.807) is 11.2 Å². The maximum absolute atomic E-state index is 12.8. The first kappa shape index (κ1) is 16.3. The van der Waals surface area contributed by atoms with Crippen LogP contribution in [0.3, 0.4) is 0 Å². The summed E-state index contributed by atoms with van der Waals surface area (Å²) in [6, 6.07) is 4.48. The number of hydrogen-bond acceptors (Lipinski definition) is 4. The summed E-state index contributed by atoms with van der Waals surface area (Å²) in [6.07, 6.45) is 9.77. The zero-order valence-corrected chi connectivity index (χ0v) is 15.6. The molecule has 1 saturated carbocycles. The van der Waals surface area contributed by atoms with Gasteiger partial charge in [-0.1, -0.05) is 6.42 Å². The third-order valence-corrected chi connectivity index (χ3v) is 7.05. The van der Waals surface area contributed by atoms with Gasteiger partial charge in [0.2, 0.25) is 0 Å². The van der Waals surface area contributed by atoms with Crippen molar-refractivity contribution in [2.75, 3.05) is 6.54 Å². The minimum Gasteiger partial charge on any atom is -0.464 e. The number of fused-ring (bicyclic) bond motifs is 2. The Kier molecular flexibility index (Phi) is 4.17. The van der Waals surface area contributed by atoms with Crippen LogP contribution in [0.15, 0.2) is 33.0 Å². The van der Waals surface area contributed by atoms with Gasteiger partial charge in [0.05, 0.1) is 24.2 Å². The molecule has 0 bridgehead atoms. The van der Waals surface area contributed by atoms with E-state index in [0.717, 1.165) is 40.5 Å². The van der Waals surface area contributed by atoms with Gasteiger partial charge in [0.1, 0.15) is 17.1 Å². The molecule has 0 amide bonds. The molecule has 2 N–H and O–H groups in total. The fourth-order valence-corrected chi connectivity index (χ4v) is 5.94. The Hall–Kier alpha value is -1.92. The van der Waals surface area contributed by atoms with Gasteiger partial charge in [-0.2, -0.15) is 0 Å². The Bertz CT molecular complexity index is 957. The topological polar surface area (TPSA) is 63.3 Å². The van der Waals surface area contributed by atoms with Gasteiger partial charge in [-0.3, -0.25) is 4.79 Å². The van der Waals surface area contributed by atoms with E-state index >= 15 is 0 Å². The number of thiophene rings is 1. The first-order valence-corrected chi connectivity index (χ1v) is 10.6. The summed E-state index contributed by atoms with van der Waals surface area (Å²) < 4.78 is 5.47. The van der Waals surface area contributed by atoms with E-state index in [0.29, 0.717) is 5.39 Å². The molecular weight excluding hydrogens is 346 g/mol. The van der Waals surface area contributed by atoms with Crippen molar-refractivity contribution >= 4 is 21.6 Å². The molecule has 1 saturated heterocycles. The van der Waals surface area contributed by atoms with E-state index in [-0.39, 0.29) is 5.56 Å². The summed E-state index contributed by atoms with van der Waals surface area (Å²) in [4.78, 5) is 23.0. The van der Waals surface area contributed by atoms with Crippen molar-refractivity contribution in [2.24, 2.45) is 5.92 Å². The molecule has 6 heteroatoms. The molecule has 3 aromatic rings. The molecular formula is C20H24N3O2S+. The van der Waals surface area contributed by atoms with Crippen LogP contribution in [0.5, 0.6) is 0 Å². The van der Waals surface area contributed by atoms with Gasteiger partial charge in [0, 0.05) is 16.9 Å². The molecule has 5 rings (SSSR count). The second-order valence-electron chi connectivity index (χ2n) is 7.70. The number of nitrogens with one attached hydrogen (secondary N) is 2. The van der Waals surface area contributed by atoms with Gasteiger partial charge < -0.3 is 14.3 Å². The lowest BCUT2D eigenvalue weighted by Gasteiger charge is -2.40. The third kappa shape index (κ3) is 2.81. The lowest BCUT2D eigenvalue weighted by molar-refractivity contribution is -0.949. The van der Waals surface area contributed by atoms with Gasteiger partial charge in [-0.25, -0.2) is 4.98 Å². The average Bonchev–Trinajstić information content (AvgIpc) is 3.31. The zero-order chi connectivity index (χ0) is 17.5. The Morgan fingerprint density at radius 2 is 2.15 bits per heavy atom. The van der Waals surface area contributed by atoms with Crippen molar-refractivity contribution in [1.29, 1.82) is 0 Å². The predicted octanol–water partition coefficient (Wildman–Crippen LogP) is 2.98. The highest BCUT2D eigenvalue weighted by Gasteiger charge is 2.36. The molecule has 0 radical (unpaired) electrons. The number of nitrogens with zero attached hydrogens (tertiary/aromatic N) is 1. The number of H-pyrrole nitrogens is 1. The second-order valence-corrected chi connectivity index (χ2v) is 8.56. The fraction of sp³-hybridized carbons (Fsp3) is 0.500. The molecule has 26 heavy (non-hydrogen) atoms. The van der Waals surface area contributed by atoms with Gasteiger partial charge >= 0.3 is 0 Å². The second kappa shape index (κ2) is 6.67. The largest absolute Gasteiger partial charge is 0.464 e. The molecule has 1 aliphatic heterocycles. The van der Waals surface area contributed by atoms with Crippen LogP contribution < -0.4 is 10.5 Å². The maximum Gasteiger partial charge on any atom is 0.260 e. The van der Waals surface area contributed by atoms with Crippen LogP contribution >= 0.6 is 11.3 Å². The van der Waals surface area contributed by atoms with Gasteiger partial charge in [-0.05, 0) is 44.2 Å². The molecule has 136 valence electrons. The summed E-state index contributed by atoms with van der Waals surface area (Å²) >= 11 is 1.52. The van der Waals surface area contributed by atoms with Crippen molar-refractivity contribution in [2.45, 2.75) is 51.1 Å². The Morgan fingerprint density at radius 1 is 1.27 bits per heavy atom. The standard InChI is InChI=1S/C20H23N3O2S/c24-19-18-14(16-8-4-10-25-16)12-26-20(18)22-17(21-19)11-23-9-3-6-13-5-1-2-7-15(13)23/h4,8,10,12-13,15H,1-3,5-7,9,11H2,(H,21,22,24)/p+1/t13-,15-/m0/s1. The van der Waals surface area contributed by atoms with E-state index in [1.807, 2.05) is 17.5 Å². The van der Waals surface area contributed by atoms with Crippen molar-refractivity contribution in [3.8, 4) is 11.3 Å². The third-order valence-electron chi connectivity index (χ3n) is 6.18. The van der Waals surface area contributed by atoms with E-state index in [4.69, 9.17) is 9.40 Å². The first-order valence-electron chi connectivity index (χ1n) is 9.68. The average molecular weight is 370 g/mol. The van der Waals surface area contributed by atoms with Crippen LogP contribution in [0.25, 0.3) is 21.5 Å². The highest BCUT2D eigenvalue weighted by molar-refractivity contribution is 7.17. The number of hydrogen-bond donors (Lipinski definition) is 2. The number of piperidine rings is 1. The van der Waals surface area contributed by atoms with E-state index in [2.05, 4.69) is 4.98 Å². The summed E-state index contributed by atoms with van der Waals surface area (Å²) in [6.45, 7) is 2.03. The Morgan fingerprint density at radius 3 is 3.04 bits per heavy atom. The zero-order valence-electron chi connectivity index (χ0n) is 14.8. The summed E-state index contributed by atoms with van der Waals surface area (Å²) in [7, 11) is 0. The van der Waals surface area contributed by atoms with Crippen LogP contribution in [0.4, 0.5) is 0 Å². The minimum absolute atomic E-state index is 0.0470. The molecule has 1 aliphatic carbocycles. The molecule has 1 unspecified atom stereocenters. The van der Waals surface area contributed by atoms with Crippen LogP contribution in [-0.4, -0.2) is 22.6 Å². The number of aromatic nitrogens is 2. The number of rotatable bonds is 3. The van der Waals surface area contributed by atoms with Crippen molar-refractivity contribution in [3.05, 3.63) is 40.0 Å². The van der Waals surface area contributed by atoms with E-state index in [1.165, 1.54) is 56.4 Å². The van der Waals surface area contributed by atoms with Crippen LogP contribution in [0, 0.1) is 5.92 Å². The highest BCUT2D eigenvalue weighted by Crippen LogP contribution is 2.31. The van der Waals surface area contributed by atoms with E-state index in [9.17, 15) is 4.79 Å². The Labute approximate surface area is 156 Å². The van der Waals surface area contributed by atoms with Gasteiger partial charge in [0.25, 0.3) is 5.56 Å². The number of quaternary nitrogens is 1. The minimum atomic E-state index is -0.0470. The summed E-state index contributed by atoms with van der Waals surface area (Å²) in [5.41, 5.74) is 0.794. The highest BCUT2D eigenvalue weighted by atomic mass is 32.1. The van der Waals surface area contributed by atoms with Crippen LogP contribution in [0.1, 0.15) is 44.3 Å². The van der Waals surface area contributed by atoms with Crippen molar-refractivity contribution in [1.82, 2.24) is 9.97 Å². The monoisotopic (exact) mass is 370 g/mol. The Balaban J connectivity index is 1.46. The molecule has 2 fully saturated rings. The lowest BCUT2D eigenvalue weighted by atomic mass is 9.78. The van der Waals surface area contributed by atoms with Crippen LogP contribution in [-0.2, 0) is 6.54 Å². The molecule has 4 heterocycles. The summed E-state index contributed by atoms with van der Waals surface area (Å²) in [5.74, 6) is 2.43. The number of likely N-dealkylation sites (tertiary alicyclic amines) is 1. The molecule has 5 nitrogen and oxygen atoms in total. The molecule has 3 atom stereocenters. The molecule has 0 spiro atoms.